The smallest absolute Gasteiger partial charge is 0.235 e. The van der Waals surface area contributed by atoms with Crippen molar-refractivity contribution in [3.63, 3.8) is 0 Å². The zero-order valence-corrected chi connectivity index (χ0v) is 16.4. The first-order valence-electron chi connectivity index (χ1n) is 7.82. The van der Waals surface area contributed by atoms with Gasteiger partial charge in [0, 0.05) is 23.5 Å². The van der Waals surface area contributed by atoms with Crippen molar-refractivity contribution in [1.82, 2.24) is 4.90 Å². The number of hydrogen-bond donors (Lipinski definition) is 0. The Bertz CT molecular complexity index is 721. The van der Waals surface area contributed by atoms with E-state index < -0.39 is 0 Å². The Labute approximate surface area is 158 Å². The quantitative estimate of drug-likeness (QED) is 0.664. The average Bonchev–Trinajstić information content (AvgIpc) is 2.62. The second-order valence-corrected chi connectivity index (χ2v) is 7.45. The molecule has 0 saturated heterocycles. The maximum Gasteiger partial charge on any atom is 0.235 e. The van der Waals surface area contributed by atoms with E-state index in [0.29, 0.717) is 23.1 Å². The van der Waals surface area contributed by atoms with Gasteiger partial charge in [0.25, 0.3) is 0 Å². The van der Waals surface area contributed by atoms with Gasteiger partial charge in [-0.1, -0.05) is 23.7 Å². The van der Waals surface area contributed by atoms with Crippen LogP contribution in [0.15, 0.2) is 47.4 Å². The summed E-state index contributed by atoms with van der Waals surface area (Å²) in [7, 11) is 5.01. The molecule has 6 heteroatoms. The van der Waals surface area contributed by atoms with Crippen molar-refractivity contribution in [2.24, 2.45) is 0 Å². The molecule has 0 radical (unpaired) electrons. The number of ether oxygens (including phenoxy) is 2. The summed E-state index contributed by atoms with van der Waals surface area (Å²) in [5.41, 5.74) is 1.04. The molecule has 0 aliphatic rings. The lowest BCUT2D eigenvalue weighted by atomic mass is 10.2. The molecule has 0 fully saturated rings. The highest BCUT2D eigenvalue weighted by atomic mass is 35.5. The minimum Gasteiger partial charge on any atom is -0.493 e. The van der Waals surface area contributed by atoms with Crippen LogP contribution in [0.25, 0.3) is 0 Å². The predicted octanol–water partition coefficient (Wildman–Crippen LogP) is 4.50. The molecule has 25 heavy (non-hydrogen) atoms. The first-order valence-corrected chi connectivity index (χ1v) is 9.08. The lowest BCUT2D eigenvalue weighted by molar-refractivity contribution is -0.129. The molecule has 0 unspecified atom stereocenters. The average molecular weight is 380 g/mol. The van der Waals surface area contributed by atoms with Gasteiger partial charge in [-0.3, -0.25) is 4.79 Å². The molecule has 0 aliphatic heterocycles. The lowest BCUT2D eigenvalue weighted by Crippen LogP contribution is -2.32. The van der Waals surface area contributed by atoms with E-state index in [2.05, 4.69) is 0 Å². The van der Waals surface area contributed by atoms with Crippen LogP contribution in [0, 0.1) is 0 Å². The Morgan fingerprint density at radius 3 is 2.36 bits per heavy atom. The molecule has 134 valence electrons. The van der Waals surface area contributed by atoms with E-state index in [1.54, 1.807) is 19.1 Å². The van der Waals surface area contributed by atoms with Gasteiger partial charge in [0.2, 0.25) is 5.91 Å². The molecule has 0 spiro atoms. The minimum atomic E-state index is -0.213. The van der Waals surface area contributed by atoms with Gasteiger partial charge >= 0.3 is 0 Å². The predicted molar refractivity (Wildman–Crippen MR) is 103 cm³/mol. The van der Waals surface area contributed by atoms with Gasteiger partial charge in [0.1, 0.15) is 0 Å². The van der Waals surface area contributed by atoms with Crippen LogP contribution in [-0.2, 0) is 11.3 Å². The van der Waals surface area contributed by atoms with E-state index in [1.165, 1.54) is 11.8 Å². The van der Waals surface area contributed by atoms with Crippen LogP contribution in [0.4, 0.5) is 0 Å². The third kappa shape index (κ3) is 5.31. The van der Waals surface area contributed by atoms with E-state index in [1.807, 2.05) is 56.4 Å². The van der Waals surface area contributed by atoms with E-state index in [9.17, 15) is 4.79 Å². The number of nitrogens with zero attached hydrogens (tertiary/aromatic N) is 1. The summed E-state index contributed by atoms with van der Waals surface area (Å²) < 4.78 is 10.5. The largest absolute Gasteiger partial charge is 0.493 e. The third-order valence-corrected chi connectivity index (χ3v) is 5.06. The van der Waals surface area contributed by atoms with Gasteiger partial charge in [0.05, 0.1) is 19.5 Å². The lowest BCUT2D eigenvalue weighted by Gasteiger charge is -2.21. The van der Waals surface area contributed by atoms with E-state index >= 15 is 0 Å². The molecule has 0 heterocycles. The van der Waals surface area contributed by atoms with E-state index in [-0.39, 0.29) is 11.2 Å². The number of methoxy groups -OCH3 is 2. The maximum absolute atomic E-state index is 12.6. The molecule has 2 aromatic carbocycles. The molecule has 2 aromatic rings. The summed E-state index contributed by atoms with van der Waals surface area (Å²) in [5.74, 6) is 1.39. The standard InChI is InChI=1S/C19H22ClNO3S/c1-13(25-16-9-10-17(23-3)18(11-16)24-4)19(22)21(2)12-14-5-7-15(20)8-6-14/h5-11,13H,12H2,1-4H3/t13-/m1/s1. The van der Waals surface area contributed by atoms with Crippen molar-refractivity contribution in [3.8, 4) is 11.5 Å². The number of hydrogen-bond acceptors (Lipinski definition) is 4. The van der Waals surface area contributed by atoms with Crippen LogP contribution >= 0.6 is 23.4 Å². The van der Waals surface area contributed by atoms with Crippen molar-refractivity contribution in [2.75, 3.05) is 21.3 Å². The summed E-state index contributed by atoms with van der Waals surface area (Å²) in [6.07, 6.45) is 0. The molecular weight excluding hydrogens is 358 g/mol. The molecule has 1 atom stereocenters. The Balaban J connectivity index is 2.00. The summed E-state index contributed by atoms with van der Waals surface area (Å²) in [6.45, 7) is 2.45. The number of carbonyl (C=O) groups is 1. The monoisotopic (exact) mass is 379 g/mol. The summed E-state index contributed by atoms with van der Waals surface area (Å²) in [4.78, 5) is 15.3. The molecule has 1 amide bonds. The van der Waals surface area contributed by atoms with E-state index in [0.717, 1.165) is 10.5 Å². The second kappa shape index (κ2) is 9.02. The normalized spacial score (nSPS) is 11.7. The Morgan fingerprint density at radius 1 is 1.12 bits per heavy atom. The minimum absolute atomic E-state index is 0.0646. The number of carbonyl (C=O) groups excluding carboxylic acids is 1. The number of rotatable bonds is 7. The molecule has 0 saturated carbocycles. The first-order chi connectivity index (χ1) is 11.9. The molecule has 0 aliphatic carbocycles. The van der Waals surface area contributed by atoms with Crippen LogP contribution < -0.4 is 9.47 Å². The number of thioether (sulfide) groups is 1. The third-order valence-electron chi connectivity index (χ3n) is 3.72. The fourth-order valence-electron chi connectivity index (χ4n) is 2.40. The number of benzene rings is 2. The molecule has 0 N–H and O–H groups in total. The van der Waals surface area contributed by atoms with Crippen molar-refractivity contribution < 1.29 is 14.3 Å². The van der Waals surface area contributed by atoms with E-state index in [4.69, 9.17) is 21.1 Å². The Morgan fingerprint density at radius 2 is 1.76 bits per heavy atom. The SMILES string of the molecule is COc1ccc(S[C@H](C)C(=O)N(C)Cc2ccc(Cl)cc2)cc1OC. The number of halogens is 1. The van der Waals surface area contributed by atoms with Crippen LogP contribution in [0.5, 0.6) is 11.5 Å². The van der Waals surface area contributed by atoms with Crippen LogP contribution in [0.3, 0.4) is 0 Å². The summed E-state index contributed by atoms with van der Waals surface area (Å²) in [6, 6.07) is 13.2. The highest BCUT2D eigenvalue weighted by molar-refractivity contribution is 8.00. The molecular formula is C19H22ClNO3S. The highest BCUT2D eigenvalue weighted by Crippen LogP contribution is 2.33. The van der Waals surface area contributed by atoms with Gasteiger partial charge in [-0.25, -0.2) is 0 Å². The van der Waals surface area contributed by atoms with Crippen LogP contribution in [0.2, 0.25) is 5.02 Å². The molecule has 0 bridgehead atoms. The van der Waals surface area contributed by atoms with Gasteiger partial charge in [-0.15, -0.1) is 11.8 Å². The van der Waals surface area contributed by atoms with Gasteiger partial charge in [0.15, 0.2) is 11.5 Å². The zero-order chi connectivity index (χ0) is 18.4. The first kappa shape index (κ1) is 19.5. The highest BCUT2D eigenvalue weighted by Gasteiger charge is 2.19. The van der Waals surface area contributed by atoms with Gasteiger partial charge < -0.3 is 14.4 Å². The molecule has 4 nitrogen and oxygen atoms in total. The fourth-order valence-corrected chi connectivity index (χ4v) is 3.53. The van der Waals surface area contributed by atoms with Crippen LogP contribution in [0.1, 0.15) is 12.5 Å². The van der Waals surface area contributed by atoms with Crippen LogP contribution in [-0.4, -0.2) is 37.3 Å². The van der Waals surface area contributed by atoms with Crippen molar-refractivity contribution in [3.05, 3.63) is 53.1 Å². The van der Waals surface area contributed by atoms with Gasteiger partial charge in [-0.05, 0) is 42.8 Å². The fraction of sp³-hybridized carbons (Fsp3) is 0.316. The van der Waals surface area contributed by atoms with Gasteiger partial charge in [-0.2, -0.15) is 0 Å². The van der Waals surface area contributed by atoms with Crippen molar-refractivity contribution >= 4 is 29.3 Å². The zero-order valence-electron chi connectivity index (χ0n) is 14.8. The Kier molecular flexibility index (Phi) is 7.02. The number of amides is 1. The maximum atomic E-state index is 12.6. The Hall–Kier alpha value is -1.85. The summed E-state index contributed by atoms with van der Waals surface area (Å²) in [5, 5.41) is 0.477. The molecule has 0 aromatic heterocycles. The molecule has 2 rings (SSSR count). The van der Waals surface area contributed by atoms with Crippen molar-refractivity contribution in [2.45, 2.75) is 23.6 Å². The summed E-state index contributed by atoms with van der Waals surface area (Å²) >= 11 is 7.39. The second-order valence-electron chi connectivity index (χ2n) is 5.60. The topological polar surface area (TPSA) is 38.8 Å². The van der Waals surface area contributed by atoms with Crippen molar-refractivity contribution in [1.29, 1.82) is 0 Å².